The van der Waals surface area contributed by atoms with Gasteiger partial charge < -0.3 is 14.8 Å². The first-order valence-corrected chi connectivity index (χ1v) is 10.2. The Kier molecular flexibility index (Phi) is 6.50. The van der Waals surface area contributed by atoms with E-state index in [1.807, 2.05) is 12.1 Å². The minimum Gasteiger partial charge on any atom is -0.493 e. The molecule has 3 rings (SSSR count). The molecule has 1 aliphatic rings. The minimum atomic E-state index is -0.395. The molecule has 2 aromatic rings. The lowest BCUT2D eigenvalue weighted by Gasteiger charge is -2.12. The number of benzene rings is 1. The summed E-state index contributed by atoms with van der Waals surface area (Å²) >= 11 is 1.47. The maximum absolute atomic E-state index is 12.9. The molecule has 27 heavy (non-hydrogen) atoms. The molecule has 0 unspecified atom stereocenters. The maximum Gasteiger partial charge on any atom is 0.341 e. The molecule has 0 radical (unpaired) electrons. The molecule has 6 heteroatoms. The molecule has 5 nitrogen and oxygen atoms in total. The average Bonchev–Trinajstić information content (AvgIpc) is 3.25. The van der Waals surface area contributed by atoms with Crippen molar-refractivity contribution in [3.63, 3.8) is 0 Å². The molecular formula is C21H25NO4S. The van der Waals surface area contributed by atoms with Crippen LogP contribution >= 0.6 is 11.3 Å². The Morgan fingerprint density at radius 2 is 2.00 bits per heavy atom. The van der Waals surface area contributed by atoms with Crippen molar-refractivity contribution in [2.75, 3.05) is 19.0 Å². The zero-order chi connectivity index (χ0) is 19.2. The van der Waals surface area contributed by atoms with Crippen LogP contribution in [0.5, 0.6) is 5.75 Å². The number of aryl methyl sites for hydroxylation is 1. The van der Waals surface area contributed by atoms with Crippen molar-refractivity contribution in [1.82, 2.24) is 0 Å². The molecule has 1 N–H and O–H groups in total. The maximum atomic E-state index is 12.9. The Bertz CT molecular complexity index is 828. The summed E-state index contributed by atoms with van der Waals surface area (Å²) in [5.41, 5.74) is 1.99. The molecule has 1 amide bonds. The number of methoxy groups -OCH3 is 1. The molecule has 0 aliphatic heterocycles. The zero-order valence-electron chi connectivity index (χ0n) is 15.8. The number of fused-ring (bicyclic) bond motifs is 1. The molecule has 0 saturated carbocycles. The number of nitrogens with one attached hydrogen (secondary N) is 1. The Labute approximate surface area is 163 Å². The van der Waals surface area contributed by atoms with Gasteiger partial charge in [0.25, 0.3) is 5.91 Å². The van der Waals surface area contributed by atoms with Gasteiger partial charge in [-0.05, 0) is 43.4 Å². The topological polar surface area (TPSA) is 64.6 Å². The van der Waals surface area contributed by atoms with E-state index in [9.17, 15) is 9.59 Å². The number of para-hydroxylation sites is 1. The van der Waals surface area contributed by atoms with Crippen LogP contribution in [-0.2, 0) is 17.6 Å². The van der Waals surface area contributed by atoms with Crippen LogP contribution in [0.25, 0.3) is 0 Å². The van der Waals surface area contributed by atoms with Crippen molar-refractivity contribution >= 4 is 28.2 Å². The summed E-state index contributed by atoms with van der Waals surface area (Å²) in [5, 5.41) is 3.48. The molecule has 0 bridgehead atoms. The summed E-state index contributed by atoms with van der Waals surface area (Å²) in [6, 6.07) is 7.20. The molecule has 144 valence electrons. The molecule has 0 spiro atoms. The number of anilines is 1. The standard InChI is InChI=1S/C21H25NO4S/c1-3-4-7-13-26-16-11-6-5-9-14(16)19(23)22-20-18(21(24)25-2)15-10-8-12-17(15)27-20/h5-6,9,11H,3-4,7-8,10,12-13H2,1-2H3,(H,22,23). The summed E-state index contributed by atoms with van der Waals surface area (Å²) in [7, 11) is 1.37. The monoisotopic (exact) mass is 387 g/mol. The van der Waals surface area contributed by atoms with Gasteiger partial charge in [-0.25, -0.2) is 4.79 Å². The molecule has 1 aromatic heterocycles. The van der Waals surface area contributed by atoms with Crippen molar-refractivity contribution in [3.8, 4) is 5.75 Å². The van der Waals surface area contributed by atoms with E-state index < -0.39 is 5.97 Å². The van der Waals surface area contributed by atoms with E-state index >= 15 is 0 Å². The normalized spacial score (nSPS) is 12.5. The molecule has 1 heterocycles. The SMILES string of the molecule is CCCCCOc1ccccc1C(=O)Nc1sc2c(c1C(=O)OC)CCC2. The van der Waals surface area contributed by atoms with Crippen LogP contribution in [0, 0.1) is 0 Å². The average molecular weight is 388 g/mol. The lowest BCUT2D eigenvalue weighted by molar-refractivity contribution is 0.0601. The van der Waals surface area contributed by atoms with E-state index in [-0.39, 0.29) is 5.91 Å². The number of carbonyl (C=O) groups is 2. The van der Waals surface area contributed by atoms with Gasteiger partial charge in [0.05, 0.1) is 24.8 Å². The second-order valence-corrected chi connectivity index (χ2v) is 7.66. The Balaban J connectivity index is 1.80. The van der Waals surface area contributed by atoms with Crippen molar-refractivity contribution in [2.45, 2.75) is 45.4 Å². The van der Waals surface area contributed by atoms with E-state index in [0.29, 0.717) is 28.5 Å². The van der Waals surface area contributed by atoms with Crippen LogP contribution in [0.2, 0.25) is 0 Å². The molecule has 1 aromatic carbocycles. The van der Waals surface area contributed by atoms with Crippen LogP contribution in [0.15, 0.2) is 24.3 Å². The highest BCUT2D eigenvalue weighted by Gasteiger charge is 2.28. The zero-order valence-corrected chi connectivity index (χ0v) is 16.6. The molecule has 0 atom stereocenters. The van der Waals surface area contributed by atoms with Crippen LogP contribution < -0.4 is 10.1 Å². The summed E-state index contributed by atoms with van der Waals surface area (Å²) < 4.78 is 10.7. The third-order valence-electron chi connectivity index (χ3n) is 4.68. The second kappa shape index (κ2) is 9.04. The number of unbranched alkanes of at least 4 members (excludes halogenated alkanes) is 2. The van der Waals surface area contributed by atoms with Gasteiger partial charge in [0, 0.05) is 4.88 Å². The third-order valence-corrected chi connectivity index (χ3v) is 5.88. The number of carbonyl (C=O) groups excluding carboxylic acids is 2. The first kappa shape index (κ1) is 19.4. The van der Waals surface area contributed by atoms with Gasteiger partial charge >= 0.3 is 5.97 Å². The van der Waals surface area contributed by atoms with E-state index in [4.69, 9.17) is 9.47 Å². The number of thiophene rings is 1. The number of rotatable bonds is 8. The molecule has 0 saturated heterocycles. The second-order valence-electron chi connectivity index (χ2n) is 6.56. The molecular weight excluding hydrogens is 362 g/mol. The van der Waals surface area contributed by atoms with Gasteiger partial charge in [0.1, 0.15) is 10.8 Å². The van der Waals surface area contributed by atoms with Crippen molar-refractivity contribution in [2.24, 2.45) is 0 Å². The fourth-order valence-corrected chi connectivity index (χ4v) is 4.57. The summed E-state index contributed by atoms with van der Waals surface area (Å²) in [6.07, 6.45) is 5.99. The Morgan fingerprint density at radius 1 is 1.19 bits per heavy atom. The Morgan fingerprint density at radius 3 is 2.78 bits per heavy atom. The van der Waals surface area contributed by atoms with Crippen molar-refractivity contribution < 1.29 is 19.1 Å². The summed E-state index contributed by atoms with van der Waals surface area (Å²) in [6.45, 7) is 2.72. The molecule has 0 fully saturated rings. The quantitative estimate of drug-likeness (QED) is 0.520. The van der Waals surface area contributed by atoms with Gasteiger partial charge in [0.2, 0.25) is 0 Å². The van der Waals surface area contributed by atoms with E-state index in [1.165, 1.54) is 18.4 Å². The van der Waals surface area contributed by atoms with Crippen LogP contribution in [0.4, 0.5) is 5.00 Å². The van der Waals surface area contributed by atoms with Crippen molar-refractivity contribution in [3.05, 3.63) is 45.8 Å². The predicted molar refractivity (Wildman–Crippen MR) is 107 cm³/mol. The summed E-state index contributed by atoms with van der Waals surface area (Å²) in [4.78, 5) is 26.3. The summed E-state index contributed by atoms with van der Waals surface area (Å²) in [5.74, 6) is -0.102. The Hall–Kier alpha value is -2.34. The van der Waals surface area contributed by atoms with E-state index in [2.05, 4.69) is 12.2 Å². The molecule has 1 aliphatic carbocycles. The van der Waals surface area contributed by atoms with Gasteiger partial charge in [-0.15, -0.1) is 11.3 Å². The number of ether oxygens (including phenoxy) is 2. The first-order valence-electron chi connectivity index (χ1n) is 9.41. The number of esters is 1. The fourth-order valence-electron chi connectivity index (χ4n) is 3.30. The number of hydrogen-bond donors (Lipinski definition) is 1. The highest BCUT2D eigenvalue weighted by atomic mass is 32.1. The highest BCUT2D eigenvalue weighted by molar-refractivity contribution is 7.17. The predicted octanol–water partition coefficient (Wildman–Crippen LogP) is 4.84. The number of amides is 1. The third kappa shape index (κ3) is 4.33. The number of hydrogen-bond acceptors (Lipinski definition) is 5. The largest absolute Gasteiger partial charge is 0.493 e. The van der Waals surface area contributed by atoms with Gasteiger partial charge in [-0.3, -0.25) is 4.79 Å². The van der Waals surface area contributed by atoms with Gasteiger partial charge in [-0.2, -0.15) is 0 Å². The fraction of sp³-hybridized carbons (Fsp3) is 0.429. The van der Waals surface area contributed by atoms with Gasteiger partial charge in [-0.1, -0.05) is 31.9 Å². The van der Waals surface area contributed by atoms with Crippen molar-refractivity contribution in [1.29, 1.82) is 0 Å². The lowest BCUT2D eigenvalue weighted by Crippen LogP contribution is -2.16. The highest BCUT2D eigenvalue weighted by Crippen LogP contribution is 2.39. The first-order chi connectivity index (χ1) is 13.2. The smallest absolute Gasteiger partial charge is 0.341 e. The lowest BCUT2D eigenvalue weighted by atomic mass is 10.1. The van der Waals surface area contributed by atoms with E-state index in [1.54, 1.807) is 12.1 Å². The minimum absolute atomic E-state index is 0.272. The van der Waals surface area contributed by atoms with E-state index in [0.717, 1.165) is 49.0 Å². The van der Waals surface area contributed by atoms with Crippen LogP contribution in [0.3, 0.4) is 0 Å². The van der Waals surface area contributed by atoms with Gasteiger partial charge in [0.15, 0.2) is 0 Å². The van der Waals surface area contributed by atoms with Crippen LogP contribution in [0.1, 0.15) is 63.8 Å². The van der Waals surface area contributed by atoms with Crippen LogP contribution in [-0.4, -0.2) is 25.6 Å².